The SMILES string of the molecule is CC(C)(C)OC(=O)c1ccc2nc(CCl)n(CC3CCO3)c2c1. The predicted molar refractivity (Wildman–Crippen MR) is 88.8 cm³/mol. The molecule has 0 N–H and O–H groups in total. The maximum absolute atomic E-state index is 12.3. The summed E-state index contributed by atoms with van der Waals surface area (Å²) in [6.07, 6.45) is 1.23. The van der Waals surface area contributed by atoms with Gasteiger partial charge in [-0.25, -0.2) is 9.78 Å². The Morgan fingerprint density at radius 2 is 2.22 bits per heavy atom. The maximum atomic E-state index is 12.3. The topological polar surface area (TPSA) is 53.3 Å². The molecule has 1 aromatic heterocycles. The van der Waals surface area contributed by atoms with E-state index in [4.69, 9.17) is 21.1 Å². The number of nitrogens with zero attached hydrogens (tertiary/aromatic N) is 2. The Morgan fingerprint density at radius 1 is 1.48 bits per heavy atom. The highest BCUT2D eigenvalue weighted by molar-refractivity contribution is 6.16. The van der Waals surface area contributed by atoms with Crippen LogP contribution in [0.5, 0.6) is 0 Å². The van der Waals surface area contributed by atoms with E-state index in [9.17, 15) is 4.79 Å². The number of hydrogen-bond acceptors (Lipinski definition) is 4. The predicted octanol–water partition coefficient (Wildman–Crippen LogP) is 3.52. The van der Waals surface area contributed by atoms with Crippen LogP contribution in [0.15, 0.2) is 18.2 Å². The Labute approximate surface area is 140 Å². The highest BCUT2D eigenvalue weighted by Gasteiger charge is 2.23. The van der Waals surface area contributed by atoms with Crippen LogP contribution in [0, 0.1) is 0 Å². The number of benzene rings is 1. The lowest BCUT2D eigenvalue weighted by Crippen LogP contribution is -2.31. The number of imidazole rings is 1. The molecule has 2 heterocycles. The summed E-state index contributed by atoms with van der Waals surface area (Å²) in [6.45, 7) is 7.07. The Bertz CT molecular complexity index is 729. The van der Waals surface area contributed by atoms with E-state index < -0.39 is 5.60 Å². The number of halogens is 1. The van der Waals surface area contributed by atoms with Crippen molar-refractivity contribution in [1.82, 2.24) is 9.55 Å². The molecule has 3 rings (SSSR count). The molecule has 0 saturated carbocycles. The summed E-state index contributed by atoms with van der Waals surface area (Å²) in [5.41, 5.74) is 1.71. The fourth-order valence-corrected chi connectivity index (χ4v) is 2.78. The van der Waals surface area contributed by atoms with Crippen LogP contribution in [0.4, 0.5) is 0 Å². The normalized spacial score (nSPS) is 18.0. The Balaban J connectivity index is 1.96. The maximum Gasteiger partial charge on any atom is 0.338 e. The number of aromatic nitrogens is 2. The molecule has 23 heavy (non-hydrogen) atoms. The first-order chi connectivity index (χ1) is 10.9. The van der Waals surface area contributed by atoms with Crippen LogP contribution in [-0.2, 0) is 21.9 Å². The molecule has 1 unspecified atom stereocenters. The van der Waals surface area contributed by atoms with Gasteiger partial charge in [0.15, 0.2) is 0 Å². The van der Waals surface area contributed by atoms with Crippen LogP contribution in [0.1, 0.15) is 43.4 Å². The van der Waals surface area contributed by atoms with Crippen molar-refractivity contribution >= 4 is 28.6 Å². The van der Waals surface area contributed by atoms with Gasteiger partial charge in [0.05, 0.1) is 35.1 Å². The van der Waals surface area contributed by atoms with Crippen molar-refractivity contribution in [2.45, 2.75) is 51.3 Å². The number of alkyl halides is 1. The van der Waals surface area contributed by atoms with Crippen LogP contribution in [-0.4, -0.2) is 33.8 Å². The van der Waals surface area contributed by atoms with Gasteiger partial charge >= 0.3 is 5.97 Å². The number of esters is 1. The minimum Gasteiger partial charge on any atom is -0.456 e. The fourth-order valence-electron chi connectivity index (χ4n) is 2.57. The molecule has 0 bridgehead atoms. The highest BCUT2D eigenvalue weighted by Crippen LogP contribution is 2.24. The molecular weight excluding hydrogens is 316 g/mol. The average molecular weight is 337 g/mol. The van der Waals surface area contributed by atoms with Gasteiger partial charge in [-0.05, 0) is 45.4 Å². The van der Waals surface area contributed by atoms with Crippen molar-refractivity contribution in [3.05, 3.63) is 29.6 Å². The fraction of sp³-hybridized carbons (Fsp3) is 0.529. The second-order valence-electron chi connectivity index (χ2n) is 6.76. The van der Waals surface area contributed by atoms with Crippen LogP contribution in [0.25, 0.3) is 11.0 Å². The first-order valence-electron chi connectivity index (χ1n) is 7.77. The van der Waals surface area contributed by atoms with Gasteiger partial charge in [-0.15, -0.1) is 11.6 Å². The molecule has 1 aliphatic heterocycles. The summed E-state index contributed by atoms with van der Waals surface area (Å²) < 4.78 is 13.0. The van der Waals surface area contributed by atoms with Gasteiger partial charge in [0.1, 0.15) is 11.4 Å². The van der Waals surface area contributed by atoms with E-state index in [0.29, 0.717) is 18.0 Å². The van der Waals surface area contributed by atoms with Crippen molar-refractivity contribution in [2.75, 3.05) is 6.61 Å². The third kappa shape index (κ3) is 3.51. The summed E-state index contributed by atoms with van der Waals surface area (Å²) in [5.74, 6) is 0.779. The number of rotatable bonds is 4. The first-order valence-corrected chi connectivity index (χ1v) is 8.31. The molecule has 1 saturated heterocycles. The lowest BCUT2D eigenvalue weighted by atomic mass is 10.1. The summed E-state index contributed by atoms with van der Waals surface area (Å²) in [7, 11) is 0. The van der Waals surface area contributed by atoms with Gasteiger partial charge in [-0.2, -0.15) is 0 Å². The Kier molecular flexibility index (Phi) is 4.34. The zero-order valence-electron chi connectivity index (χ0n) is 13.6. The minimum atomic E-state index is -0.520. The van der Waals surface area contributed by atoms with Gasteiger partial charge in [-0.1, -0.05) is 0 Å². The van der Waals surface area contributed by atoms with Crippen LogP contribution in [0.3, 0.4) is 0 Å². The van der Waals surface area contributed by atoms with E-state index in [0.717, 1.165) is 29.9 Å². The Hall–Kier alpha value is -1.59. The lowest BCUT2D eigenvalue weighted by molar-refractivity contribution is -0.0589. The van der Waals surface area contributed by atoms with E-state index >= 15 is 0 Å². The molecule has 1 aromatic carbocycles. The quantitative estimate of drug-likeness (QED) is 0.633. The number of carbonyl (C=O) groups excluding carboxylic acids is 1. The molecule has 1 aliphatic rings. The summed E-state index contributed by atoms with van der Waals surface area (Å²) in [6, 6.07) is 5.40. The Morgan fingerprint density at radius 3 is 2.78 bits per heavy atom. The molecule has 6 heteroatoms. The monoisotopic (exact) mass is 336 g/mol. The van der Waals surface area contributed by atoms with Gasteiger partial charge in [0.2, 0.25) is 0 Å². The third-order valence-electron chi connectivity index (χ3n) is 3.76. The number of carbonyl (C=O) groups is 1. The van der Waals surface area contributed by atoms with E-state index in [-0.39, 0.29) is 12.1 Å². The second-order valence-corrected chi connectivity index (χ2v) is 7.03. The van der Waals surface area contributed by atoms with Crippen molar-refractivity contribution < 1.29 is 14.3 Å². The largest absolute Gasteiger partial charge is 0.456 e. The molecule has 0 spiro atoms. The zero-order chi connectivity index (χ0) is 16.6. The van der Waals surface area contributed by atoms with E-state index in [1.165, 1.54) is 0 Å². The summed E-state index contributed by atoms with van der Waals surface area (Å²) >= 11 is 6.02. The van der Waals surface area contributed by atoms with Crippen molar-refractivity contribution in [3.8, 4) is 0 Å². The lowest BCUT2D eigenvalue weighted by Gasteiger charge is -2.27. The molecule has 5 nitrogen and oxygen atoms in total. The second kappa shape index (κ2) is 6.13. The first kappa shape index (κ1) is 16.3. The average Bonchev–Trinajstić information content (AvgIpc) is 2.77. The number of fused-ring (bicyclic) bond motifs is 1. The van der Waals surface area contributed by atoms with Gasteiger partial charge < -0.3 is 14.0 Å². The zero-order valence-corrected chi connectivity index (χ0v) is 14.4. The molecule has 1 fully saturated rings. The summed E-state index contributed by atoms with van der Waals surface area (Å²) in [4.78, 5) is 16.8. The standard InChI is InChI=1S/C17H21ClN2O3/c1-17(2,3)23-16(21)11-4-5-13-14(8-11)20(15(9-18)19-13)10-12-6-7-22-12/h4-5,8,12H,6-7,9-10H2,1-3H3. The third-order valence-corrected chi connectivity index (χ3v) is 4.00. The highest BCUT2D eigenvalue weighted by atomic mass is 35.5. The molecule has 1 atom stereocenters. The van der Waals surface area contributed by atoms with Crippen molar-refractivity contribution in [3.63, 3.8) is 0 Å². The minimum absolute atomic E-state index is 0.194. The van der Waals surface area contributed by atoms with Gasteiger partial charge in [0, 0.05) is 6.61 Å². The molecule has 0 amide bonds. The molecule has 2 aromatic rings. The van der Waals surface area contributed by atoms with E-state index in [2.05, 4.69) is 4.98 Å². The number of hydrogen-bond donors (Lipinski definition) is 0. The molecule has 0 aliphatic carbocycles. The van der Waals surface area contributed by atoms with Crippen LogP contribution >= 0.6 is 11.6 Å². The molecule has 124 valence electrons. The van der Waals surface area contributed by atoms with Gasteiger partial charge in [-0.3, -0.25) is 0 Å². The smallest absolute Gasteiger partial charge is 0.338 e. The molecular formula is C17H21ClN2O3. The van der Waals surface area contributed by atoms with Crippen LogP contribution < -0.4 is 0 Å². The van der Waals surface area contributed by atoms with E-state index in [1.807, 2.05) is 37.5 Å². The summed E-state index contributed by atoms with van der Waals surface area (Å²) in [5, 5.41) is 0. The number of ether oxygens (including phenoxy) is 2. The van der Waals surface area contributed by atoms with Crippen molar-refractivity contribution in [2.24, 2.45) is 0 Å². The van der Waals surface area contributed by atoms with Crippen LogP contribution in [0.2, 0.25) is 0 Å². The molecule has 0 radical (unpaired) electrons. The van der Waals surface area contributed by atoms with E-state index in [1.54, 1.807) is 6.07 Å². The van der Waals surface area contributed by atoms with Crippen molar-refractivity contribution in [1.29, 1.82) is 0 Å². The van der Waals surface area contributed by atoms with Gasteiger partial charge in [0.25, 0.3) is 0 Å².